The lowest BCUT2D eigenvalue weighted by atomic mass is 10.0. The number of hydrogen-bond acceptors (Lipinski definition) is 3. The van der Waals surface area contributed by atoms with Crippen LogP contribution in [0.4, 0.5) is 0 Å². The van der Waals surface area contributed by atoms with Gasteiger partial charge in [0.25, 0.3) is 0 Å². The van der Waals surface area contributed by atoms with E-state index in [1.165, 1.54) is 0 Å². The molecule has 0 aliphatic carbocycles. The van der Waals surface area contributed by atoms with Crippen LogP contribution in [0.15, 0.2) is 34.1 Å². The second-order valence-electron chi connectivity index (χ2n) is 3.84. The monoisotopic (exact) mass is 311 g/mol. The fraction of sp³-hybridized carbons (Fsp3) is 0.231. The maximum absolute atomic E-state index is 6.26. The molecule has 2 rings (SSSR count). The van der Waals surface area contributed by atoms with Gasteiger partial charge >= 0.3 is 0 Å². The molecule has 17 heavy (non-hydrogen) atoms. The maximum atomic E-state index is 6.26. The van der Waals surface area contributed by atoms with Crippen LogP contribution in [-0.2, 0) is 0 Å². The normalized spacial score (nSPS) is 12.5. The zero-order chi connectivity index (χ0) is 12.4. The highest BCUT2D eigenvalue weighted by molar-refractivity contribution is 9.10. The summed E-state index contributed by atoms with van der Waals surface area (Å²) < 4.78 is 6.38. The number of hydrogen-bond donors (Lipinski definition) is 1. The molecule has 90 valence electrons. The largest absolute Gasteiger partial charge is 0.496 e. The molecule has 1 aromatic heterocycles. The van der Waals surface area contributed by atoms with Crippen molar-refractivity contribution in [3.63, 3.8) is 0 Å². The zero-order valence-corrected chi connectivity index (χ0v) is 12.1. The molecule has 0 bridgehead atoms. The molecule has 0 fully saturated rings. The van der Waals surface area contributed by atoms with Gasteiger partial charge in [-0.15, -0.1) is 11.3 Å². The highest BCUT2D eigenvalue weighted by Crippen LogP contribution is 2.33. The lowest BCUT2D eigenvalue weighted by Gasteiger charge is -2.13. The predicted octanol–water partition coefficient (Wildman–Crippen LogP) is 3.88. The van der Waals surface area contributed by atoms with Gasteiger partial charge in [0.2, 0.25) is 0 Å². The number of thiophene rings is 1. The first-order chi connectivity index (χ1) is 8.13. The zero-order valence-electron chi connectivity index (χ0n) is 9.74. The van der Waals surface area contributed by atoms with E-state index in [9.17, 15) is 0 Å². The predicted molar refractivity (Wildman–Crippen MR) is 75.8 cm³/mol. The Morgan fingerprint density at radius 3 is 2.71 bits per heavy atom. The number of ether oxygens (including phenoxy) is 1. The Bertz CT molecular complexity index is 524. The minimum absolute atomic E-state index is 0.112. The summed E-state index contributed by atoms with van der Waals surface area (Å²) in [5.74, 6) is 0.880. The van der Waals surface area contributed by atoms with E-state index in [1.54, 1.807) is 18.4 Å². The van der Waals surface area contributed by atoms with Gasteiger partial charge in [-0.2, -0.15) is 0 Å². The highest BCUT2D eigenvalue weighted by Gasteiger charge is 2.14. The van der Waals surface area contributed by atoms with Gasteiger partial charge in [0.1, 0.15) is 5.75 Å². The molecule has 1 unspecified atom stereocenters. The second-order valence-corrected chi connectivity index (χ2v) is 5.64. The first-order valence-corrected chi connectivity index (χ1v) is 6.93. The summed E-state index contributed by atoms with van der Waals surface area (Å²) in [7, 11) is 1.68. The number of benzene rings is 1. The Balaban J connectivity index is 2.38. The number of rotatable bonds is 3. The number of methoxy groups -OCH3 is 1. The smallest absolute Gasteiger partial charge is 0.122 e. The Kier molecular flexibility index (Phi) is 3.86. The van der Waals surface area contributed by atoms with E-state index in [2.05, 4.69) is 22.0 Å². The van der Waals surface area contributed by atoms with Crippen LogP contribution in [0.5, 0.6) is 5.75 Å². The van der Waals surface area contributed by atoms with E-state index in [4.69, 9.17) is 10.5 Å². The van der Waals surface area contributed by atoms with Crippen LogP contribution in [0.1, 0.15) is 22.0 Å². The summed E-state index contributed by atoms with van der Waals surface area (Å²) in [4.78, 5) is 1.14. The van der Waals surface area contributed by atoms with Crippen molar-refractivity contribution in [1.82, 2.24) is 0 Å². The third-order valence-electron chi connectivity index (χ3n) is 2.72. The van der Waals surface area contributed by atoms with E-state index in [1.807, 2.05) is 30.5 Å². The second kappa shape index (κ2) is 5.21. The molecule has 4 heteroatoms. The van der Waals surface area contributed by atoms with Gasteiger partial charge in [0.15, 0.2) is 0 Å². The summed E-state index contributed by atoms with van der Waals surface area (Å²) in [6.07, 6.45) is 0. The molecular formula is C13H14BrNOS. The van der Waals surface area contributed by atoms with Crippen molar-refractivity contribution < 1.29 is 4.74 Å². The van der Waals surface area contributed by atoms with Crippen LogP contribution in [0.2, 0.25) is 0 Å². The quantitative estimate of drug-likeness (QED) is 0.933. The van der Waals surface area contributed by atoms with Crippen molar-refractivity contribution in [3.8, 4) is 5.75 Å². The van der Waals surface area contributed by atoms with E-state index >= 15 is 0 Å². The molecular weight excluding hydrogens is 298 g/mol. The SMILES string of the molecule is COc1cc(C(N)c2sccc2Br)ccc1C. The molecule has 2 aromatic rings. The molecule has 2 nitrogen and oxygen atoms in total. The maximum Gasteiger partial charge on any atom is 0.122 e. The standard InChI is InChI=1S/C13H14BrNOS/c1-8-3-4-9(7-11(8)16-2)12(15)13-10(14)5-6-17-13/h3-7,12H,15H2,1-2H3. The Labute approximate surface area is 114 Å². The summed E-state index contributed by atoms with van der Waals surface area (Å²) in [6.45, 7) is 2.02. The average molecular weight is 312 g/mol. The van der Waals surface area contributed by atoms with E-state index < -0.39 is 0 Å². The summed E-state index contributed by atoms with van der Waals surface area (Å²) >= 11 is 5.17. The molecule has 0 aliphatic rings. The molecule has 0 saturated carbocycles. The van der Waals surface area contributed by atoms with Crippen molar-refractivity contribution in [1.29, 1.82) is 0 Å². The van der Waals surface area contributed by atoms with Crippen LogP contribution in [0.25, 0.3) is 0 Å². The Morgan fingerprint density at radius 2 is 2.12 bits per heavy atom. The van der Waals surface area contributed by atoms with E-state index in [-0.39, 0.29) is 6.04 Å². The summed E-state index contributed by atoms with van der Waals surface area (Å²) in [6, 6.07) is 8.00. The molecule has 1 heterocycles. The fourth-order valence-corrected chi connectivity index (χ4v) is 3.36. The van der Waals surface area contributed by atoms with Crippen molar-refractivity contribution in [2.24, 2.45) is 5.73 Å². The van der Waals surface area contributed by atoms with Crippen LogP contribution in [0, 0.1) is 6.92 Å². The first-order valence-electron chi connectivity index (χ1n) is 5.26. The van der Waals surface area contributed by atoms with Crippen LogP contribution in [-0.4, -0.2) is 7.11 Å². The summed E-state index contributed by atoms with van der Waals surface area (Å²) in [5, 5.41) is 2.03. The Morgan fingerprint density at radius 1 is 1.35 bits per heavy atom. The van der Waals surface area contributed by atoms with Crippen molar-refractivity contribution in [2.45, 2.75) is 13.0 Å². The van der Waals surface area contributed by atoms with Crippen LogP contribution < -0.4 is 10.5 Å². The molecule has 1 aromatic carbocycles. The van der Waals surface area contributed by atoms with Gasteiger partial charge < -0.3 is 10.5 Å². The van der Waals surface area contributed by atoms with E-state index in [0.29, 0.717) is 0 Å². The third-order valence-corrected chi connectivity index (χ3v) is 4.67. The van der Waals surface area contributed by atoms with Gasteiger partial charge in [-0.25, -0.2) is 0 Å². The highest BCUT2D eigenvalue weighted by atomic mass is 79.9. The molecule has 0 aliphatic heterocycles. The molecule has 0 saturated heterocycles. The minimum atomic E-state index is -0.112. The third kappa shape index (κ3) is 2.54. The molecule has 1 atom stereocenters. The lowest BCUT2D eigenvalue weighted by Crippen LogP contribution is -2.11. The van der Waals surface area contributed by atoms with Crippen molar-refractivity contribution in [2.75, 3.05) is 7.11 Å². The van der Waals surface area contributed by atoms with Crippen LogP contribution >= 0.6 is 27.3 Å². The average Bonchev–Trinajstić information content (AvgIpc) is 2.75. The topological polar surface area (TPSA) is 35.2 Å². The molecule has 0 amide bonds. The number of aryl methyl sites for hydroxylation is 1. The van der Waals surface area contributed by atoms with Gasteiger partial charge in [0.05, 0.1) is 13.2 Å². The fourth-order valence-electron chi connectivity index (χ4n) is 1.71. The van der Waals surface area contributed by atoms with Crippen molar-refractivity contribution >= 4 is 27.3 Å². The van der Waals surface area contributed by atoms with Crippen LogP contribution in [0.3, 0.4) is 0 Å². The molecule has 0 spiro atoms. The lowest BCUT2D eigenvalue weighted by molar-refractivity contribution is 0.411. The summed E-state index contributed by atoms with van der Waals surface area (Å²) in [5.41, 5.74) is 8.44. The van der Waals surface area contributed by atoms with Gasteiger partial charge in [-0.05, 0) is 51.5 Å². The van der Waals surface area contributed by atoms with Gasteiger partial charge in [-0.3, -0.25) is 0 Å². The molecule has 2 N–H and O–H groups in total. The Hall–Kier alpha value is -0.840. The minimum Gasteiger partial charge on any atom is -0.496 e. The van der Waals surface area contributed by atoms with Gasteiger partial charge in [-0.1, -0.05) is 12.1 Å². The number of nitrogens with two attached hydrogens (primary N) is 1. The van der Waals surface area contributed by atoms with E-state index in [0.717, 1.165) is 26.2 Å². The van der Waals surface area contributed by atoms with Gasteiger partial charge in [0, 0.05) is 9.35 Å². The first kappa shape index (κ1) is 12.6. The molecule has 0 radical (unpaired) electrons. The van der Waals surface area contributed by atoms with Crippen molar-refractivity contribution in [3.05, 3.63) is 50.1 Å². The number of halogens is 1.